The Morgan fingerprint density at radius 2 is 1.95 bits per heavy atom. The van der Waals surface area contributed by atoms with Gasteiger partial charge in [0.05, 0.1) is 5.69 Å². The molecule has 1 N–H and O–H groups in total. The van der Waals surface area contributed by atoms with Crippen LogP contribution in [0.4, 0.5) is 19.0 Å². The largest absolute Gasteiger partial charge is 0.405 e. The van der Waals surface area contributed by atoms with Crippen molar-refractivity contribution in [2.24, 2.45) is 0 Å². The first kappa shape index (κ1) is 14.6. The minimum atomic E-state index is -4.25. The number of nitrogens with zero attached hydrogens (tertiary/aromatic N) is 2. The number of benzene rings is 1. The Balaban J connectivity index is 2.49. The fourth-order valence-corrected chi connectivity index (χ4v) is 2.14. The molecule has 1 heterocycles. The standard InChI is InChI=1S/C14H16F3N3/c1-18-8-11-7-10-5-3-4-6-12(10)13(19-11)20(2)9-14(15,16)17/h3-7,18H,8-9H2,1-2H3. The number of rotatable bonds is 4. The first-order valence-electron chi connectivity index (χ1n) is 6.22. The van der Waals surface area contributed by atoms with Crippen LogP contribution < -0.4 is 10.2 Å². The van der Waals surface area contributed by atoms with Crippen molar-refractivity contribution in [2.45, 2.75) is 12.7 Å². The van der Waals surface area contributed by atoms with Crippen LogP contribution in [-0.2, 0) is 6.54 Å². The highest BCUT2D eigenvalue weighted by Gasteiger charge is 2.30. The summed E-state index contributed by atoms with van der Waals surface area (Å²) in [5.41, 5.74) is 0.718. The predicted molar refractivity (Wildman–Crippen MR) is 73.8 cm³/mol. The Labute approximate surface area is 115 Å². The van der Waals surface area contributed by atoms with Crippen LogP contribution in [0.1, 0.15) is 5.69 Å². The molecule has 0 fully saturated rings. The summed E-state index contributed by atoms with van der Waals surface area (Å²) in [4.78, 5) is 5.48. The summed E-state index contributed by atoms with van der Waals surface area (Å²) in [6, 6.07) is 9.21. The summed E-state index contributed by atoms with van der Waals surface area (Å²) >= 11 is 0. The number of pyridine rings is 1. The van der Waals surface area contributed by atoms with Crippen LogP contribution in [0.2, 0.25) is 0 Å². The van der Waals surface area contributed by atoms with Gasteiger partial charge in [0, 0.05) is 19.0 Å². The maximum atomic E-state index is 12.6. The molecule has 0 atom stereocenters. The summed E-state index contributed by atoms with van der Waals surface area (Å²) in [6.45, 7) is -0.509. The number of aromatic nitrogens is 1. The predicted octanol–water partition coefficient (Wildman–Crippen LogP) is 2.95. The van der Waals surface area contributed by atoms with E-state index in [1.54, 1.807) is 19.2 Å². The van der Waals surface area contributed by atoms with Crippen molar-refractivity contribution in [1.82, 2.24) is 10.3 Å². The summed E-state index contributed by atoms with van der Waals surface area (Å²) < 4.78 is 37.7. The molecule has 0 bridgehead atoms. The lowest BCUT2D eigenvalue weighted by atomic mass is 10.1. The van der Waals surface area contributed by atoms with E-state index in [4.69, 9.17) is 0 Å². The van der Waals surface area contributed by atoms with Crippen molar-refractivity contribution in [2.75, 3.05) is 25.5 Å². The average molecular weight is 283 g/mol. The van der Waals surface area contributed by atoms with E-state index >= 15 is 0 Å². The van der Waals surface area contributed by atoms with E-state index in [9.17, 15) is 13.2 Å². The first-order valence-corrected chi connectivity index (χ1v) is 6.22. The number of alkyl halides is 3. The molecule has 0 amide bonds. The molecule has 20 heavy (non-hydrogen) atoms. The lowest BCUT2D eigenvalue weighted by molar-refractivity contribution is -0.119. The molecule has 0 saturated heterocycles. The molecule has 0 radical (unpaired) electrons. The zero-order valence-electron chi connectivity index (χ0n) is 11.3. The van der Waals surface area contributed by atoms with Gasteiger partial charge in [-0.25, -0.2) is 4.98 Å². The van der Waals surface area contributed by atoms with E-state index in [1.165, 1.54) is 7.05 Å². The highest BCUT2D eigenvalue weighted by atomic mass is 19.4. The Bertz CT molecular complexity index is 596. The molecule has 0 aliphatic carbocycles. The molecule has 108 valence electrons. The lowest BCUT2D eigenvalue weighted by Gasteiger charge is -2.22. The molecule has 2 rings (SSSR count). The van der Waals surface area contributed by atoms with Crippen molar-refractivity contribution < 1.29 is 13.2 Å². The van der Waals surface area contributed by atoms with Crippen molar-refractivity contribution in [3.05, 3.63) is 36.0 Å². The Kier molecular flexibility index (Phi) is 4.13. The molecule has 2 aromatic rings. The molecular weight excluding hydrogens is 267 g/mol. The van der Waals surface area contributed by atoms with Gasteiger partial charge in [0.15, 0.2) is 0 Å². The number of fused-ring (bicyclic) bond motifs is 1. The van der Waals surface area contributed by atoms with Crippen LogP contribution in [0, 0.1) is 0 Å². The summed E-state index contributed by atoms with van der Waals surface area (Å²) in [5.74, 6) is 0.352. The van der Waals surface area contributed by atoms with E-state index < -0.39 is 12.7 Å². The fraction of sp³-hybridized carbons (Fsp3) is 0.357. The lowest BCUT2D eigenvalue weighted by Crippen LogP contribution is -2.31. The van der Waals surface area contributed by atoms with Crippen LogP contribution in [0.3, 0.4) is 0 Å². The van der Waals surface area contributed by atoms with Gasteiger partial charge < -0.3 is 10.2 Å². The number of hydrogen-bond donors (Lipinski definition) is 1. The molecule has 0 unspecified atom stereocenters. The minimum Gasteiger partial charge on any atom is -0.350 e. The average Bonchev–Trinajstić information content (AvgIpc) is 2.36. The third-order valence-corrected chi connectivity index (χ3v) is 2.91. The van der Waals surface area contributed by atoms with Gasteiger partial charge in [0.1, 0.15) is 12.4 Å². The van der Waals surface area contributed by atoms with E-state index in [0.29, 0.717) is 12.4 Å². The molecule has 0 aliphatic rings. The normalized spacial score (nSPS) is 11.8. The highest BCUT2D eigenvalue weighted by molar-refractivity contribution is 5.92. The zero-order chi connectivity index (χ0) is 14.8. The van der Waals surface area contributed by atoms with Crippen LogP contribution in [0.15, 0.2) is 30.3 Å². The van der Waals surface area contributed by atoms with Gasteiger partial charge in [-0.1, -0.05) is 24.3 Å². The van der Waals surface area contributed by atoms with Crippen LogP contribution in [0.25, 0.3) is 10.8 Å². The fourth-order valence-electron chi connectivity index (χ4n) is 2.14. The van der Waals surface area contributed by atoms with E-state index in [0.717, 1.165) is 21.4 Å². The van der Waals surface area contributed by atoms with Gasteiger partial charge in [-0.05, 0) is 18.5 Å². The molecule has 0 spiro atoms. The molecular formula is C14H16F3N3. The monoisotopic (exact) mass is 283 g/mol. The third kappa shape index (κ3) is 3.39. The Morgan fingerprint density at radius 1 is 1.25 bits per heavy atom. The van der Waals surface area contributed by atoms with E-state index in [2.05, 4.69) is 10.3 Å². The van der Waals surface area contributed by atoms with Gasteiger partial charge in [0.25, 0.3) is 0 Å². The maximum Gasteiger partial charge on any atom is 0.405 e. The number of halogens is 3. The second-order valence-electron chi connectivity index (χ2n) is 4.66. The molecule has 1 aromatic carbocycles. The summed E-state index contributed by atoms with van der Waals surface area (Å²) in [7, 11) is 3.18. The van der Waals surface area contributed by atoms with Crippen molar-refractivity contribution in [3.63, 3.8) is 0 Å². The van der Waals surface area contributed by atoms with E-state index in [-0.39, 0.29) is 0 Å². The number of nitrogens with one attached hydrogen (secondary N) is 1. The van der Waals surface area contributed by atoms with Crippen molar-refractivity contribution >= 4 is 16.6 Å². The topological polar surface area (TPSA) is 28.2 Å². The van der Waals surface area contributed by atoms with Gasteiger partial charge in [-0.2, -0.15) is 13.2 Å². The number of hydrogen-bond acceptors (Lipinski definition) is 3. The Hall–Kier alpha value is -1.82. The Morgan fingerprint density at radius 3 is 2.60 bits per heavy atom. The molecule has 0 saturated carbocycles. The van der Waals surface area contributed by atoms with Crippen LogP contribution >= 0.6 is 0 Å². The SMILES string of the molecule is CNCc1cc2ccccc2c(N(C)CC(F)(F)F)n1. The maximum absolute atomic E-state index is 12.6. The molecule has 6 heteroatoms. The van der Waals surface area contributed by atoms with Gasteiger partial charge in [0.2, 0.25) is 0 Å². The molecule has 3 nitrogen and oxygen atoms in total. The van der Waals surface area contributed by atoms with Crippen LogP contribution in [-0.4, -0.2) is 31.8 Å². The van der Waals surface area contributed by atoms with Gasteiger partial charge in [-0.3, -0.25) is 0 Å². The smallest absolute Gasteiger partial charge is 0.350 e. The van der Waals surface area contributed by atoms with Gasteiger partial charge in [-0.15, -0.1) is 0 Å². The van der Waals surface area contributed by atoms with E-state index in [1.807, 2.05) is 18.2 Å². The third-order valence-electron chi connectivity index (χ3n) is 2.91. The zero-order valence-corrected chi connectivity index (χ0v) is 11.3. The molecule has 1 aromatic heterocycles. The minimum absolute atomic E-state index is 0.352. The van der Waals surface area contributed by atoms with Crippen LogP contribution in [0.5, 0.6) is 0 Å². The van der Waals surface area contributed by atoms with Crippen molar-refractivity contribution in [1.29, 1.82) is 0 Å². The second-order valence-corrected chi connectivity index (χ2v) is 4.66. The molecule has 0 aliphatic heterocycles. The summed E-state index contributed by atoms with van der Waals surface area (Å²) in [5, 5.41) is 4.57. The second kappa shape index (κ2) is 5.66. The highest BCUT2D eigenvalue weighted by Crippen LogP contribution is 2.27. The van der Waals surface area contributed by atoms with Crippen molar-refractivity contribution in [3.8, 4) is 0 Å². The number of anilines is 1. The quantitative estimate of drug-likeness (QED) is 0.935. The van der Waals surface area contributed by atoms with Gasteiger partial charge >= 0.3 is 6.18 Å². The first-order chi connectivity index (χ1) is 9.40. The summed E-state index contributed by atoms with van der Waals surface area (Å²) in [6.07, 6.45) is -4.25.